The van der Waals surface area contributed by atoms with Crippen LogP contribution >= 0.6 is 39.7 Å². The molecule has 3 heterocycles. The van der Waals surface area contributed by atoms with Crippen LogP contribution in [0.2, 0.25) is 5.02 Å². The average molecular weight is 510 g/mol. The molecule has 0 bridgehead atoms. The van der Waals surface area contributed by atoms with Crippen molar-refractivity contribution in [1.29, 1.82) is 0 Å². The van der Waals surface area contributed by atoms with Gasteiger partial charge in [-0.3, -0.25) is 4.98 Å². The third-order valence-electron chi connectivity index (χ3n) is 5.37. The van der Waals surface area contributed by atoms with Gasteiger partial charge in [0.2, 0.25) is 0 Å². The maximum atomic E-state index is 6.15. The number of halogens is 2. The van der Waals surface area contributed by atoms with Crippen LogP contribution in [-0.2, 0) is 0 Å². The van der Waals surface area contributed by atoms with E-state index in [4.69, 9.17) is 23.8 Å². The summed E-state index contributed by atoms with van der Waals surface area (Å²) < 4.78 is 3.23. The lowest BCUT2D eigenvalue weighted by Gasteiger charge is -2.29. The largest absolute Gasteiger partial charge is 0.351 e. The summed E-state index contributed by atoms with van der Waals surface area (Å²) in [6, 6.07) is 26.0. The van der Waals surface area contributed by atoms with Gasteiger partial charge in [0.15, 0.2) is 5.11 Å². The molecule has 1 N–H and O–H groups in total. The molecule has 5 rings (SSSR count). The third kappa shape index (κ3) is 3.87. The molecule has 0 unspecified atom stereocenters. The Kier molecular flexibility index (Phi) is 5.52. The fourth-order valence-electron chi connectivity index (χ4n) is 4.03. The van der Waals surface area contributed by atoms with Crippen LogP contribution in [-0.4, -0.2) is 14.7 Å². The summed E-state index contributed by atoms with van der Waals surface area (Å²) in [7, 11) is 0. The predicted molar refractivity (Wildman–Crippen MR) is 133 cm³/mol. The predicted octanol–water partition coefficient (Wildman–Crippen LogP) is 6.47. The van der Waals surface area contributed by atoms with Crippen LogP contribution in [0.15, 0.2) is 95.7 Å². The number of rotatable bonds is 4. The van der Waals surface area contributed by atoms with Crippen molar-refractivity contribution in [2.75, 3.05) is 4.90 Å². The minimum absolute atomic E-state index is 0.0995. The number of anilines is 1. The van der Waals surface area contributed by atoms with Gasteiger partial charge in [-0.25, -0.2) is 0 Å². The van der Waals surface area contributed by atoms with Crippen molar-refractivity contribution in [2.24, 2.45) is 0 Å². The number of thiocarbonyl (C=S) groups is 1. The first-order chi connectivity index (χ1) is 15.1. The van der Waals surface area contributed by atoms with Crippen LogP contribution in [0.1, 0.15) is 23.5 Å². The van der Waals surface area contributed by atoms with Gasteiger partial charge in [0.1, 0.15) is 6.04 Å². The van der Waals surface area contributed by atoms with Crippen molar-refractivity contribution in [3.05, 3.63) is 112 Å². The highest BCUT2D eigenvalue weighted by molar-refractivity contribution is 9.10. The van der Waals surface area contributed by atoms with E-state index in [1.807, 2.05) is 60.8 Å². The second-order valence-corrected chi connectivity index (χ2v) is 8.99. The first kappa shape index (κ1) is 20.2. The Labute approximate surface area is 199 Å². The van der Waals surface area contributed by atoms with E-state index in [1.165, 1.54) is 0 Å². The van der Waals surface area contributed by atoms with Crippen molar-refractivity contribution >= 4 is 50.5 Å². The summed E-state index contributed by atoms with van der Waals surface area (Å²) in [4.78, 5) is 6.78. The summed E-state index contributed by atoms with van der Waals surface area (Å²) in [5.41, 5.74) is 4.10. The monoisotopic (exact) mass is 508 g/mol. The van der Waals surface area contributed by atoms with Gasteiger partial charge in [0, 0.05) is 39.0 Å². The molecule has 1 aliphatic heterocycles. The van der Waals surface area contributed by atoms with E-state index >= 15 is 0 Å². The van der Waals surface area contributed by atoms with Crippen molar-refractivity contribution in [3.8, 4) is 5.69 Å². The van der Waals surface area contributed by atoms with Crippen LogP contribution in [0.25, 0.3) is 5.69 Å². The summed E-state index contributed by atoms with van der Waals surface area (Å²) in [5, 5.41) is 4.85. The number of hydrogen-bond acceptors (Lipinski definition) is 2. The number of aromatic nitrogens is 2. The molecule has 154 valence electrons. The first-order valence-electron chi connectivity index (χ1n) is 9.81. The highest BCUT2D eigenvalue weighted by Crippen LogP contribution is 2.42. The van der Waals surface area contributed by atoms with Crippen molar-refractivity contribution in [2.45, 2.75) is 12.1 Å². The molecule has 1 aliphatic rings. The van der Waals surface area contributed by atoms with Crippen molar-refractivity contribution in [3.63, 3.8) is 0 Å². The summed E-state index contributed by atoms with van der Waals surface area (Å²) in [6.45, 7) is 0. The molecule has 0 amide bonds. The average Bonchev–Trinajstić information content (AvgIpc) is 3.39. The maximum Gasteiger partial charge on any atom is 0.174 e. The Bertz CT molecular complexity index is 1230. The second-order valence-electron chi connectivity index (χ2n) is 7.26. The summed E-state index contributed by atoms with van der Waals surface area (Å²) >= 11 is 15.5. The molecule has 0 saturated carbocycles. The van der Waals surface area contributed by atoms with Gasteiger partial charge in [-0.1, -0.05) is 39.7 Å². The zero-order chi connectivity index (χ0) is 21.4. The van der Waals surface area contributed by atoms with Gasteiger partial charge < -0.3 is 14.8 Å². The number of pyridine rings is 1. The van der Waals surface area contributed by atoms with E-state index in [9.17, 15) is 0 Å². The zero-order valence-electron chi connectivity index (χ0n) is 16.3. The van der Waals surface area contributed by atoms with Gasteiger partial charge in [-0.2, -0.15) is 0 Å². The first-order valence-corrected chi connectivity index (χ1v) is 11.4. The van der Waals surface area contributed by atoms with Crippen LogP contribution in [0.5, 0.6) is 0 Å². The highest BCUT2D eigenvalue weighted by atomic mass is 79.9. The van der Waals surface area contributed by atoms with Gasteiger partial charge in [0.05, 0.1) is 11.7 Å². The quantitative estimate of drug-likeness (QED) is 0.320. The minimum atomic E-state index is -0.106. The molecule has 7 heteroatoms. The standard InChI is InChI=1S/C24H18BrClN4S/c25-16-5-3-6-19(15-16)29-14-4-8-21(29)23-22(20-7-1-2-13-27-20)28-24(31)30(23)18-11-9-17(26)10-12-18/h1-15,22-23H,(H,28,31)/t22-,23-/m0/s1. The lowest BCUT2D eigenvalue weighted by molar-refractivity contribution is 0.549. The smallest absolute Gasteiger partial charge is 0.174 e. The van der Waals surface area contributed by atoms with E-state index in [1.54, 1.807) is 0 Å². The van der Waals surface area contributed by atoms with E-state index in [0.29, 0.717) is 10.1 Å². The van der Waals surface area contributed by atoms with Crippen molar-refractivity contribution < 1.29 is 0 Å². The van der Waals surface area contributed by atoms with E-state index < -0.39 is 0 Å². The fraction of sp³-hybridized carbons (Fsp3) is 0.0833. The number of hydrogen-bond donors (Lipinski definition) is 1. The Hall–Kier alpha value is -2.67. The van der Waals surface area contributed by atoms with Crippen LogP contribution < -0.4 is 10.2 Å². The Morgan fingerprint density at radius 3 is 2.52 bits per heavy atom. The SMILES string of the molecule is S=C1N[C@@H](c2ccccn2)[C@H](c2cccn2-c2cccc(Br)c2)N1c1ccc(Cl)cc1. The number of benzene rings is 2. The molecular formula is C24H18BrClN4S. The normalized spacial score (nSPS) is 18.3. The molecule has 4 nitrogen and oxygen atoms in total. The molecular weight excluding hydrogens is 492 g/mol. The van der Waals surface area contributed by atoms with Crippen molar-refractivity contribution in [1.82, 2.24) is 14.9 Å². The third-order valence-corrected chi connectivity index (χ3v) is 6.43. The summed E-state index contributed by atoms with van der Waals surface area (Å²) in [6.07, 6.45) is 3.89. The molecule has 0 aliphatic carbocycles. The molecule has 31 heavy (non-hydrogen) atoms. The highest BCUT2D eigenvalue weighted by Gasteiger charge is 2.42. The van der Waals surface area contributed by atoms with Crippen LogP contribution in [0.3, 0.4) is 0 Å². The molecule has 2 aromatic carbocycles. The number of nitrogens with zero attached hydrogens (tertiary/aromatic N) is 3. The zero-order valence-corrected chi connectivity index (χ0v) is 19.5. The fourth-order valence-corrected chi connectivity index (χ4v) is 4.89. The Morgan fingerprint density at radius 2 is 1.77 bits per heavy atom. The summed E-state index contributed by atoms with van der Waals surface area (Å²) in [5.74, 6) is 0. The van der Waals surface area contributed by atoms with E-state index in [0.717, 1.165) is 27.2 Å². The second kappa shape index (κ2) is 8.46. The molecule has 1 saturated heterocycles. The molecule has 0 radical (unpaired) electrons. The topological polar surface area (TPSA) is 33.1 Å². The van der Waals surface area contributed by atoms with Crippen LogP contribution in [0, 0.1) is 0 Å². The lowest BCUT2D eigenvalue weighted by Crippen LogP contribution is -2.30. The van der Waals surface area contributed by atoms with E-state index in [-0.39, 0.29) is 12.1 Å². The molecule has 1 fully saturated rings. The van der Waals surface area contributed by atoms with Gasteiger partial charge >= 0.3 is 0 Å². The van der Waals surface area contributed by atoms with Gasteiger partial charge in [-0.15, -0.1) is 0 Å². The number of nitrogens with one attached hydrogen (secondary N) is 1. The Morgan fingerprint density at radius 1 is 0.935 bits per heavy atom. The molecule has 2 aromatic heterocycles. The molecule has 4 aromatic rings. The molecule has 0 spiro atoms. The maximum absolute atomic E-state index is 6.15. The van der Waals surface area contributed by atoms with Crippen LogP contribution in [0.4, 0.5) is 5.69 Å². The van der Waals surface area contributed by atoms with Gasteiger partial charge in [-0.05, 0) is 78.9 Å². The molecule has 2 atom stereocenters. The Balaban J connectivity index is 1.67. The lowest BCUT2D eigenvalue weighted by atomic mass is 10.0. The van der Waals surface area contributed by atoms with Gasteiger partial charge in [0.25, 0.3) is 0 Å². The minimum Gasteiger partial charge on any atom is -0.351 e. The van der Waals surface area contributed by atoms with E-state index in [2.05, 4.69) is 66.2 Å².